The summed E-state index contributed by atoms with van der Waals surface area (Å²) in [5.74, 6) is 0. The highest BCUT2D eigenvalue weighted by atomic mass is 32.2. The van der Waals surface area contributed by atoms with Crippen molar-refractivity contribution in [2.24, 2.45) is 7.05 Å². The summed E-state index contributed by atoms with van der Waals surface area (Å²) < 4.78 is 2.15. The summed E-state index contributed by atoms with van der Waals surface area (Å²) in [7, 11) is 2.08. The van der Waals surface area contributed by atoms with Crippen LogP contribution < -0.4 is 9.47 Å². The Morgan fingerprint density at radius 3 is 2.85 bits per heavy atom. The number of anilines is 1. The summed E-state index contributed by atoms with van der Waals surface area (Å²) in [4.78, 5) is 3.74. The molecule has 0 amide bonds. The van der Waals surface area contributed by atoms with Gasteiger partial charge in [0.2, 0.25) is 5.69 Å². The molecule has 0 spiro atoms. The van der Waals surface area contributed by atoms with Gasteiger partial charge >= 0.3 is 0 Å². The number of aromatic nitrogens is 1. The van der Waals surface area contributed by atoms with E-state index in [-0.39, 0.29) is 0 Å². The Bertz CT molecular complexity index is 676. The summed E-state index contributed by atoms with van der Waals surface area (Å²) in [5, 5.41) is 1.30. The van der Waals surface area contributed by atoms with Crippen LogP contribution in [0, 0.1) is 6.92 Å². The van der Waals surface area contributed by atoms with E-state index in [1.807, 2.05) is 11.8 Å². The average Bonchev–Trinajstić information content (AvgIpc) is 2.78. The van der Waals surface area contributed by atoms with Gasteiger partial charge in [-0.2, -0.15) is 0 Å². The molecule has 3 rings (SSSR count). The van der Waals surface area contributed by atoms with E-state index in [9.17, 15) is 0 Å². The van der Waals surface area contributed by atoms with Crippen molar-refractivity contribution in [3.63, 3.8) is 0 Å². The number of benzene rings is 1. The summed E-state index contributed by atoms with van der Waals surface area (Å²) in [5.41, 5.74) is 3.87. The molecule has 0 N–H and O–H groups in total. The maximum atomic E-state index is 2.39. The van der Waals surface area contributed by atoms with Gasteiger partial charge in [-0.15, -0.1) is 0 Å². The van der Waals surface area contributed by atoms with Crippen LogP contribution in [0.15, 0.2) is 52.5 Å². The molecule has 0 unspecified atom stereocenters. The van der Waals surface area contributed by atoms with E-state index >= 15 is 0 Å². The average molecular weight is 283 g/mol. The number of aryl methyl sites for hydroxylation is 2. The van der Waals surface area contributed by atoms with Crippen molar-refractivity contribution in [2.75, 3.05) is 11.4 Å². The Morgan fingerprint density at radius 1 is 1.25 bits per heavy atom. The van der Waals surface area contributed by atoms with Gasteiger partial charge in [0, 0.05) is 29.6 Å². The Labute approximate surface area is 124 Å². The number of hydrogen-bond acceptors (Lipinski definition) is 2. The number of hydrogen-bond donors (Lipinski definition) is 0. The Balaban J connectivity index is 2.03. The molecule has 1 aliphatic rings. The topological polar surface area (TPSA) is 7.12 Å². The lowest BCUT2D eigenvalue weighted by Crippen LogP contribution is -2.31. The third kappa shape index (κ3) is 2.34. The minimum absolute atomic E-state index is 0.992. The number of pyridine rings is 1. The first kappa shape index (κ1) is 13.3. The second-order valence-electron chi connectivity index (χ2n) is 5.04. The van der Waals surface area contributed by atoms with Crippen LogP contribution in [0.3, 0.4) is 0 Å². The third-order valence-corrected chi connectivity index (χ3v) is 4.68. The van der Waals surface area contributed by atoms with Gasteiger partial charge < -0.3 is 4.90 Å². The molecule has 0 saturated heterocycles. The Hall–Kier alpha value is -1.74. The molecule has 0 fully saturated rings. The lowest BCUT2D eigenvalue weighted by atomic mass is 10.2. The molecule has 3 heteroatoms. The monoisotopic (exact) mass is 283 g/mol. The first-order valence-corrected chi connectivity index (χ1v) is 7.73. The molecule has 0 bridgehead atoms. The molecule has 0 radical (unpaired) electrons. The van der Waals surface area contributed by atoms with Crippen LogP contribution in [0.4, 0.5) is 5.69 Å². The van der Waals surface area contributed by atoms with Crippen LogP contribution in [0.25, 0.3) is 6.08 Å². The molecule has 1 aromatic heterocycles. The highest BCUT2D eigenvalue weighted by molar-refractivity contribution is 8.03. The molecule has 102 valence electrons. The molecule has 2 aromatic rings. The van der Waals surface area contributed by atoms with Gasteiger partial charge in [-0.3, -0.25) is 0 Å². The SMILES string of the molecule is CCN1C(=Cc2cccc[n+]2C)Sc2ccc(C)cc21. The first-order chi connectivity index (χ1) is 9.69. The predicted molar refractivity (Wildman–Crippen MR) is 85.7 cm³/mol. The molecular formula is C17H19N2S+. The number of thioether (sulfide) groups is 1. The minimum Gasteiger partial charge on any atom is -0.335 e. The fourth-order valence-corrected chi connectivity index (χ4v) is 3.61. The van der Waals surface area contributed by atoms with Gasteiger partial charge in [-0.1, -0.05) is 17.8 Å². The van der Waals surface area contributed by atoms with E-state index in [4.69, 9.17) is 0 Å². The molecule has 2 nitrogen and oxygen atoms in total. The lowest BCUT2D eigenvalue weighted by Gasteiger charge is -2.17. The van der Waals surface area contributed by atoms with Crippen molar-refractivity contribution in [1.82, 2.24) is 0 Å². The van der Waals surface area contributed by atoms with Gasteiger partial charge in [-0.05, 0) is 37.6 Å². The smallest absolute Gasteiger partial charge is 0.207 e. The maximum Gasteiger partial charge on any atom is 0.207 e. The summed E-state index contributed by atoms with van der Waals surface area (Å²) in [6.07, 6.45) is 4.35. The van der Waals surface area contributed by atoms with Crippen molar-refractivity contribution in [1.29, 1.82) is 0 Å². The zero-order valence-electron chi connectivity index (χ0n) is 12.1. The first-order valence-electron chi connectivity index (χ1n) is 6.91. The van der Waals surface area contributed by atoms with Crippen LogP contribution in [0.2, 0.25) is 0 Å². The predicted octanol–water partition coefficient (Wildman–Crippen LogP) is 3.75. The molecule has 0 atom stereocenters. The fourth-order valence-electron chi connectivity index (χ4n) is 2.46. The van der Waals surface area contributed by atoms with Gasteiger partial charge in [0.05, 0.1) is 10.7 Å². The van der Waals surface area contributed by atoms with Gasteiger partial charge in [0.25, 0.3) is 0 Å². The van der Waals surface area contributed by atoms with Crippen molar-refractivity contribution in [3.8, 4) is 0 Å². The van der Waals surface area contributed by atoms with Gasteiger partial charge in [0.15, 0.2) is 6.20 Å². The number of fused-ring (bicyclic) bond motifs is 1. The lowest BCUT2D eigenvalue weighted by molar-refractivity contribution is -0.673. The molecule has 1 aromatic carbocycles. The highest BCUT2D eigenvalue weighted by Gasteiger charge is 2.24. The van der Waals surface area contributed by atoms with E-state index in [0.29, 0.717) is 0 Å². The summed E-state index contributed by atoms with van der Waals surface area (Å²) in [6.45, 7) is 5.35. The summed E-state index contributed by atoms with van der Waals surface area (Å²) >= 11 is 1.85. The normalized spacial score (nSPS) is 15.8. The second-order valence-corrected chi connectivity index (χ2v) is 6.10. The van der Waals surface area contributed by atoms with Gasteiger partial charge in [-0.25, -0.2) is 4.57 Å². The highest BCUT2D eigenvalue weighted by Crippen LogP contribution is 2.46. The third-order valence-electron chi connectivity index (χ3n) is 3.57. The molecular weight excluding hydrogens is 264 g/mol. The Morgan fingerprint density at radius 2 is 2.10 bits per heavy atom. The fraction of sp³-hybridized carbons (Fsp3) is 0.235. The van der Waals surface area contributed by atoms with E-state index in [0.717, 1.165) is 6.54 Å². The van der Waals surface area contributed by atoms with Crippen LogP contribution >= 0.6 is 11.8 Å². The quantitative estimate of drug-likeness (QED) is 0.775. The standard InChI is InChI=1S/C17H19N2S/c1-4-19-15-11-13(2)8-9-16(15)20-17(19)12-14-7-5-6-10-18(14)3/h5-12H,4H2,1-3H3/q+1. The molecule has 20 heavy (non-hydrogen) atoms. The zero-order chi connectivity index (χ0) is 14.1. The molecule has 0 saturated carbocycles. The second kappa shape index (κ2) is 5.33. The van der Waals surface area contributed by atoms with Crippen LogP contribution in [-0.2, 0) is 7.05 Å². The molecule has 1 aliphatic heterocycles. The van der Waals surface area contributed by atoms with Crippen molar-refractivity contribution < 1.29 is 4.57 Å². The van der Waals surface area contributed by atoms with E-state index in [1.165, 1.54) is 26.9 Å². The Kier molecular flexibility index (Phi) is 3.53. The van der Waals surface area contributed by atoms with E-state index in [1.54, 1.807) is 0 Å². The van der Waals surface area contributed by atoms with Crippen molar-refractivity contribution in [2.45, 2.75) is 18.7 Å². The minimum atomic E-state index is 0.992. The van der Waals surface area contributed by atoms with E-state index in [2.05, 4.69) is 79.0 Å². The number of rotatable bonds is 2. The molecule has 2 heterocycles. The van der Waals surface area contributed by atoms with Crippen LogP contribution in [0.1, 0.15) is 18.2 Å². The summed E-state index contributed by atoms with van der Waals surface area (Å²) in [6, 6.07) is 13.0. The van der Waals surface area contributed by atoms with Crippen molar-refractivity contribution in [3.05, 3.63) is 58.9 Å². The maximum absolute atomic E-state index is 2.39. The number of nitrogens with zero attached hydrogens (tertiary/aromatic N) is 2. The van der Waals surface area contributed by atoms with Crippen molar-refractivity contribution >= 4 is 23.5 Å². The largest absolute Gasteiger partial charge is 0.335 e. The zero-order valence-corrected chi connectivity index (χ0v) is 12.9. The van der Waals surface area contributed by atoms with E-state index < -0.39 is 0 Å². The van der Waals surface area contributed by atoms with Crippen LogP contribution in [-0.4, -0.2) is 6.54 Å². The molecule has 0 aliphatic carbocycles. The van der Waals surface area contributed by atoms with Gasteiger partial charge in [0.1, 0.15) is 7.05 Å². The van der Waals surface area contributed by atoms with Crippen LogP contribution in [0.5, 0.6) is 0 Å².